The molecule has 0 bridgehead atoms. The van der Waals surface area contributed by atoms with Crippen molar-refractivity contribution in [2.24, 2.45) is 0 Å². The Morgan fingerprint density at radius 1 is 0.800 bits per heavy atom. The van der Waals surface area contributed by atoms with Crippen molar-refractivity contribution in [1.82, 2.24) is 0 Å². The summed E-state index contributed by atoms with van der Waals surface area (Å²) < 4.78 is 31.4. The molecule has 0 aliphatic carbocycles. The highest BCUT2D eigenvalue weighted by Crippen LogP contribution is 2.29. The van der Waals surface area contributed by atoms with Crippen molar-refractivity contribution in [2.45, 2.75) is 68.8 Å². The monoisotopic (exact) mass is 360 g/mol. The summed E-state index contributed by atoms with van der Waals surface area (Å²) in [5.41, 5.74) is 0.860. The Hall–Kier alpha value is -1.81. The molecule has 0 aliphatic rings. The van der Waals surface area contributed by atoms with E-state index in [9.17, 15) is 8.42 Å². The van der Waals surface area contributed by atoms with E-state index in [1.807, 2.05) is 32.9 Å². The quantitative estimate of drug-likeness (QED) is 0.718. The van der Waals surface area contributed by atoms with Gasteiger partial charge in [-0.1, -0.05) is 32.9 Å². The number of hydrogen-bond donors (Lipinski definition) is 0. The molecule has 4 heteroatoms. The van der Waals surface area contributed by atoms with Crippen LogP contribution in [-0.4, -0.2) is 14.0 Å². The Morgan fingerprint density at radius 3 is 1.64 bits per heavy atom. The van der Waals surface area contributed by atoms with Gasteiger partial charge in [-0.05, 0) is 74.6 Å². The van der Waals surface area contributed by atoms with E-state index < -0.39 is 9.84 Å². The molecule has 136 valence electrons. The average molecular weight is 361 g/mol. The fraction of sp³-hybridized carbons (Fsp3) is 0.429. The minimum atomic E-state index is -3.52. The van der Waals surface area contributed by atoms with Gasteiger partial charge in [-0.25, -0.2) is 8.42 Å². The standard InChI is InChI=1S/C21H28O3S/c1-7-21(5,6)16-8-12-18(13-9-16)25(22,23)19-14-10-17(11-15-19)24-20(2,3)4/h8-15H,7H2,1-6H3. The molecular weight excluding hydrogens is 332 g/mol. The van der Waals surface area contributed by atoms with Gasteiger partial charge in [-0.3, -0.25) is 0 Å². The van der Waals surface area contributed by atoms with Gasteiger partial charge in [0.2, 0.25) is 9.84 Å². The summed E-state index contributed by atoms with van der Waals surface area (Å²) in [6, 6.07) is 13.8. The van der Waals surface area contributed by atoms with E-state index in [1.165, 1.54) is 0 Å². The molecule has 25 heavy (non-hydrogen) atoms. The van der Waals surface area contributed by atoms with Gasteiger partial charge < -0.3 is 4.74 Å². The molecule has 2 rings (SSSR count). The first-order chi connectivity index (χ1) is 11.5. The predicted octanol–water partition coefficient (Wildman–Crippen LogP) is 5.38. The molecule has 0 N–H and O–H groups in total. The van der Waals surface area contributed by atoms with Crippen molar-refractivity contribution < 1.29 is 13.2 Å². The maximum Gasteiger partial charge on any atom is 0.206 e. The minimum absolute atomic E-state index is 0.0359. The summed E-state index contributed by atoms with van der Waals surface area (Å²) in [6.07, 6.45) is 0.994. The molecule has 0 aromatic heterocycles. The Balaban J connectivity index is 2.29. The van der Waals surface area contributed by atoms with Gasteiger partial charge >= 0.3 is 0 Å². The van der Waals surface area contributed by atoms with Crippen molar-refractivity contribution in [3.63, 3.8) is 0 Å². The summed E-state index contributed by atoms with van der Waals surface area (Å²) in [7, 11) is -3.52. The van der Waals surface area contributed by atoms with Gasteiger partial charge in [0.15, 0.2) is 0 Å². The summed E-state index contributed by atoms with van der Waals surface area (Å²) in [5, 5.41) is 0. The van der Waals surface area contributed by atoms with Crippen molar-refractivity contribution in [3.8, 4) is 5.75 Å². The van der Waals surface area contributed by atoms with E-state index in [0.717, 1.165) is 12.0 Å². The highest BCUT2D eigenvalue weighted by atomic mass is 32.2. The fourth-order valence-electron chi connectivity index (χ4n) is 2.47. The van der Waals surface area contributed by atoms with Crippen molar-refractivity contribution >= 4 is 9.84 Å². The molecule has 0 heterocycles. The number of benzene rings is 2. The van der Waals surface area contributed by atoms with Gasteiger partial charge in [-0.2, -0.15) is 0 Å². The van der Waals surface area contributed by atoms with E-state index in [1.54, 1.807) is 36.4 Å². The number of rotatable bonds is 5. The molecule has 0 saturated heterocycles. The highest BCUT2D eigenvalue weighted by Gasteiger charge is 2.21. The number of ether oxygens (including phenoxy) is 1. The lowest BCUT2D eigenvalue weighted by molar-refractivity contribution is 0.131. The lowest BCUT2D eigenvalue weighted by Gasteiger charge is -2.23. The molecule has 3 nitrogen and oxygen atoms in total. The van der Waals surface area contributed by atoms with Crippen LogP contribution in [0, 0.1) is 0 Å². The van der Waals surface area contributed by atoms with Crippen LogP contribution in [0.25, 0.3) is 0 Å². The Labute approximate surface area is 152 Å². The summed E-state index contributed by atoms with van der Waals surface area (Å²) in [5.74, 6) is 0.659. The van der Waals surface area contributed by atoms with Gasteiger partial charge in [-0.15, -0.1) is 0 Å². The largest absolute Gasteiger partial charge is 0.488 e. The predicted molar refractivity (Wildman–Crippen MR) is 102 cm³/mol. The van der Waals surface area contributed by atoms with Crippen molar-refractivity contribution in [2.75, 3.05) is 0 Å². The van der Waals surface area contributed by atoms with Crippen LogP contribution < -0.4 is 4.74 Å². The molecule has 2 aromatic carbocycles. The highest BCUT2D eigenvalue weighted by molar-refractivity contribution is 7.91. The minimum Gasteiger partial charge on any atom is -0.488 e. The van der Waals surface area contributed by atoms with Crippen LogP contribution >= 0.6 is 0 Å². The van der Waals surface area contributed by atoms with Gasteiger partial charge in [0.25, 0.3) is 0 Å². The Kier molecular flexibility index (Phi) is 5.33. The van der Waals surface area contributed by atoms with E-state index in [2.05, 4.69) is 20.8 Å². The second kappa shape index (κ2) is 6.83. The fourth-order valence-corrected chi connectivity index (χ4v) is 3.73. The molecule has 0 fully saturated rings. The SMILES string of the molecule is CCC(C)(C)c1ccc(S(=O)(=O)c2ccc(OC(C)(C)C)cc2)cc1. The zero-order valence-electron chi connectivity index (χ0n) is 16.0. The first-order valence-corrected chi connectivity index (χ1v) is 10.1. The molecule has 0 radical (unpaired) electrons. The van der Waals surface area contributed by atoms with Gasteiger partial charge in [0.1, 0.15) is 11.4 Å². The molecule has 0 amide bonds. The van der Waals surface area contributed by atoms with Crippen LogP contribution in [-0.2, 0) is 15.3 Å². The average Bonchev–Trinajstić information content (AvgIpc) is 2.54. The number of hydrogen-bond acceptors (Lipinski definition) is 3. The van der Waals surface area contributed by atoms with E-state index in [4.69, 9.17) is 4.74 Å². The van der Waals surface area contributed by atoms with E-state index in [0.29, 0.717) is 10.6 Å². The first kappa shape index (κ1) is 19.5. The molecule has 0 unspecified atom stereocenters. The Morgan fingerprint density at radius 2 is 1.24 bits per heavy atom. The van der Waals surface area contributed by atoms with Crippen molar-refractivity contribution in [1.29, 1.82) is 0 Å². The first-order valence-electron chi connectivity index (χ1n) is 8.60. The number of sulfone groups is 1. The zero-order chi connectivity index (χ0) is 18.9. The van der Waals surface area contributed by atoms with Crippen LogP contribution in [0.2, 0.25) is 0 Å². The second-order valence-electron chi connectivity index (χ2n) is 7.95. The molecule has 0 atom stereocenters. The van der Waals surface area contributed by atoms with Gasteiger partial charge in [0, 0.05) is 0 Å². The lowest BCUT2D eigenvalue weighted by atomic mass is 9.82. The van der Waals surface area contributed by atoms with E-state index in [-0.39, 0.29) is 15.9 Å². The topological polar surface area (TPSA) is 43.4 Å². The summed E-state index contributed by atoms with van der Waals surface area (Å²) in [6.45, 7) is 12.3. The van der Waals surface area contributed by atoms with E-state index >= 15 is 0 Å². The molecular formula is C21H28O3S. The maximum atomic E-state index is 12.8. The molecule has 0 aliphatic heterocycles. The normalized spacial score (nSPS) is 12.9. The third-order valence-electron chi connectivity index (χ3n) is 4.39. The molecule has 2 aromatic rings. The lowest BCUT2D eigenvalue weighted by Crippen LogP contribution is -2.22. The van der Waals surface area contributed by atoms with Crippen LogP contribution in [0.15, 0.2) is 58.3 Å². The third-order valence-corrected chi connectivity index (χ3v) is 6.17. The van der Waals surface area contributed by atoms with Crippen LogP contribution in [0.4, 0.5) is 0 Å². The summed E-state index contributed by atoms with van der Waals surface area (Å²) in [4.78, 5) is 0.587. The second-order valence-corrected chi connectivity index (χ2v) is 9.90. The smallest absolute Gasteiger partial charge is 0.206 e. The Bertz CT molecular complexity index is 809. The van der Waals surface area contributed by atoms with Crippen LogP contribution in [0.5, 0.6) is 5.75 Å². The zero-order valence-corrected chi connectivity index (χ0v) is 16.8. The maximum absolute atomic E-state index is 12.8. The third kappa shape index (κ3) is 4.63. The molecule has 0 spiro atoms. The van der Waals surface area contributed by atoms with Gasteiger partial charge in [0.05, 0.1) is 9.79 Å². The van der Waals surface area contributed by atoms with Crippen LogP contribution in [0.1, 0.15) is 53.5 Å². The molecule has 0 saturated carbocycles. The van der Waals surface area contributed by atoms with Crippen LogP contribution in [0.3, 0.4) is 0 Å². The van der Waals surface area contributed by atoms with Crippen molar-refractivity contribution in [3.05, 3.63) is 54.1 Å². The summed E-state index contributed by atoms with van der Waals surface area (Å²) >= 11 is 0.